The van der Waals surface area contributed by atoms with Crippen molar-refractivity contribution in [1.29, 1.82) is 0 Å². The maximum absolute atomic E-state index is 12.4. The molecule has 0 saturated carbocycles. The predicted octanol–water partition coefficient (Wildman–Crippen LogP) is 2.87. The van der Waals surface area contributed by atoms with Crippen molar-refractivity contribution in [2.24, 2.45) is 0 Å². The summed E-state index contributed by atoms with van der Waals surface area (Å²) in [7, 11) is 1.52. The van der Waals surface area contributed by atoms with Gasteiger partial charge in [0.15, 0.2) is 0 Å². The van der Waals surface area contributed by atoms with Gasteiger partial charge in [0.2, 0.25) is 5.91 Å². The van der Waals surface area contributed by atoms with Crippen LogP contribution in [0.4, 0.5) is 5.69 Å². The molecule has 2 aromatic rings. The van der Waals surface area contributed by atoms with Crippen molar-refractivity contribution < 1.29 is 14.3 Å². The van der Waals surface area contributed by atoms with Gasteiger partial charge in [-0.15, -0.1) is 0 Å². The Morgan fingerprint density at radius 3 is 2.38 bits per heavy atom. The monoisotopic (exact) mass is 326 g/mol. The van der Waals surface area contributed by atoms with Crippen LogP contribution in [0.2, 0.25) is 0 Å². The largest absolute Gasteiger partial charge is 0.496 e. The van der Waals surface area contributed by atoms with Crippen LogP contribution < -0.4 is 15.0 Å². The van der Waals surface area contributed by atoms with Crippen molar-refractivity contribution in [3.8, 4) is 5.75 Å². The fourth-order valence-corrected chi connectivity index (χ4v) is 2.46. The minimum absolute atomic E-state index is 0.0240. The number of hydrogen-bond acceptors (Lipinski definition) is 3. The summed E-state index contributed by atoms with van der Waals surface area (Å²) in [5.74, 6) is 0.243. The Labute approximate surface area is 142 Å². The van der Waals surface area contributed by atoms with Crippen LogP contribution in [0.15, 0.2) is 54.6 Å². The highest BCUT2D eigenvalue weighted by Crippen LogP contribution is 2.17. The quantitative estimate of drug-likeness (QED) is 0.851. The second-order valence-electron chi connectivity index (χ2n) is 5.18. The molecule has 126 valence electrons. The van der Waals surface area contributed by atoms with Gasteiger partial charge in [-0.2, -0.15) is 0 Å². The van der Waals surface area contributed by atoms with Crippen LogP contribution in [0.5, 0.6) is 5.75 Å². The number of nitrogens with one attached hydrogen (secondary N) is 1. The van der Waals surface area contributed by atoms with E-state index in [2.05, 4.69) is 5.32 Å². The molecule has 2 rings (SSSR count). The van der Waals surface area contributed by atoms with E-state index >= 15 is 0 Å². The first-order valence-electron chi connectivity index (χ1n) is 7.94. The number of para-hydroxylation sites is 2. The lowest BCUT2D eigenvalue weighted by Gasteiger charge is -2.21. The standard InChI is InChI=1S/C19H22N2O3/c1-3-21(15-9-5-4-6-10-15)18(22)13-14-20-19(23)16-11-7-8-12-17(16)24-2/h4-12H,3,13-14H2,1-2H3,(H,20,23). The minimum Gasteiger partial charge on any atom is -0.496 e. The van der Waals surface area contributed by atoms with Crippen molar-refractivity contribution >= 4 is 17.5 Å². The lowest BCUT2D eigenvalue weighted by Crippen LogP contribution is -2.34. The van der Waals surface area contributed by atoms with Crippen molar-refractivity contribution in [3.05, 3.63) is 60.2 Å². The van der Waals surface area contributed by atoms with Crippen LogP contribution >= 0.6 is 0 Å². The molecule has 0 atom stereocenters. The summed E-state index contributed by atoms with van der Waals surface area (Å²) in [5, 5.41) is 2.77. The maximum Gasteiger partial charge on any atom is 0.255 e. The zero-order chi connectivity index (χ0) is 17.4. The first-order chi connectivity index (χ1) is 11.7. The van der Waals surface area contributed by atoms with Crippen LogP contribution in [0.25, 0.3) is 0 Å². The molecule has 0 unspecified atom stereocenters. The second-order valence-corrected chi connectivity index (χ2v) is 5.18. The third-order valence-corrected chi connectivity index (χ3v) is 3.66. The highest BCUT2D eigenvalue weighted by molar-refractivity contribution is 5.97. The van der Waals surface area contributed by atoms with Gasteiger partial charge in [-0.05, 0) is 31.2 Å². The first kappa shape index (κ1) is 17.5. The summed E-state index contributed by atoms with van der Waals surface area (Å²) in [6.45, 7) is 2.79. The van der Waals surface area contributed by atoms with Gasteiger partial charge in [-0.1, -0.05) is 30.3 Å². The fraction of sp³-hybridized carbons (Fsp3) is 0.263. The Bertz CT molecular complexity index is 686. The number of amides is 2. The third-order valence-electron chi connectivity index (χ3n) is 3.66. The van der Waals surface area contributed by atoms with Crippen LogP contribution in [0.1, 0.15) is 23.7 Å². The van der Waals surface area contributed by atoms with Gasteiger partial charge in [-0.25, -0.2) is 0 Å². The molecule has 0 aliphatic carbocycles. The highest BCUT2D eigenvalue weighted by Gasteiger charge is 2.15. The Morgan fingerprint density at radius 2 is 1.71 bits per heavy atom. The maximum atomic E-state index is 12.4. The van der Waals surface area contributed by atoms with Crippen LogP contribution in [-0.2, 0) is 4.79 Å². The molecule has 2 aromatic carbocycles. The number of carbonyl (C=O) groups is 2. The van der Waals surface area contributed by atoms with E-state index in [-0.39, 0.29) is 24.8 Å². The number of ether oxygens (including phenoxy) is 1. The van der Waals surface area contributed by atoms with Gasteiger partial charge < -0.3 is 15.0 Å². The van der Waals surface area contributed by atoms with Crippen LogP contribution in [-0.4, -0.2) is 32.0 Å². The summed E-state index contributed by atoms with van der Waals surface area (Å²) >= 11 is 0. The SMILES string of the molecule is CCN(C(=O)CCNC(=O)c1ccccc1OC)c1ccccc1. The molecule has 0 bridgehead atoms. The normalized spacial score (nSPS) is 10.1. The van der Waals surface area contributed by atoms with E-state index in [1.54, 1.807) is 29.2 Å². The third kappa shape index (κ3) is 4.35. The van der Waals surface area contributed by atoms with Gasteiger partial charge in [0.05, 0.1) is 12.7 Å². The van der Waals surface area contributed by atoms with Gasteiger partial charge in [0.1, 0.15) is 5.75 Å². The van der Waals surface area contributed by atoms with Gasteiger partial charge >= 0.3 is 0 Å². The number of carbonyl (C=O) groups excluding carboxylic acids is 2. The molecule has 24 heavy (non-hydrogen) atoms. The molecule has 1 N–H and O–H groups in total. The summed E-state index contributed by atoms with van der Waals surface area (Å²) in [5.41, 5.74) is 1.32. The zero-order valence-electron chi connectivity index (χ0n) is 14.0. The molecule has 0 radical (unpaired) electrons. The van der Waals surface area contributed by atoms with E-state index in [0.29, 0.717) is 17.9 Å². The number of benzene rings is 2. The number of rotatable bonds is 7. The number of methoxy groups -OCH3 is 1. The average Bonchev–Trinajstić information content (AvgIpc) is 2.63. The van der Waals surface area contributed by atoms with Gasteiger partial charge in [0.25, 0.3) is 5.91 Å². The summed E-state index contributed by atoms with van der Waals surface area (Å²) < 4.78 is 5.17. The molecule has 5 nitrogen and oxygen atoms in total. The molecule has 5 heteroatoms. The molecule has 0 heterocycles. The van der Waals surface area contributed by atoms with E-state index in [9.17, 15) is 9.59 Å². The van der Waals surface area contributed by atoms with E-state index in [1.165, 1.54) is 7.11 Å². The lowest BCUT2D eigenvalue weighted by atomic mass is 10.2. The van der Waals surface area contributed by atoms with E-state index in [1.807, 2.05) is 37.3 Å². The van der Waals surface area contributed by atoms with E-state index in [4.69, 9.17) is 4.74 Å². The highest BCUT2D eigenvalue weighted by atomic mass is 16.5. The second kappa shape index (κ2) is 8.72. The topological polar surface area (TPSA) is 58.6 Å². The Hall–Kier alpha value is -2.82. The molecule has 0 fully saturated rings. The number of anilines is 1. The zero-order valence-corrected chi connectivity index (χ0v) is 14.0. The van der Waals surface area contributed by atoms with Crippen LogP contribution in [0.3, 0.4) is 0 Å². The Balaban J connectivity index is 1.91. The number of nitrogens with zero attached hydrogens (tertiary/aromatic N) is 1. The van der Waals surface area contributed by atoms with E-state index in [0.717, 1.165) is 5.69 Å². The molecule has 0 spiro atoms. The first-order valence-corrected chi connectivity index (χ1v) is 7.94. The Morgan fingerprint density at radius 1 is 1.04 bits per heavy atom. The van der Waals surface area contributed by atoms with Crippen molar-refractivity contribution in [2.45, 2.75) is 13.3 Å². The lowest BCUT2D eigenvalue weighted by molar-refractivity contribution is -0.118. The molecule has 0 saturated heterocycles. The smallest absolute Gasteiger partial charge is 0.255 e. The average molecular weight is 326 g/mol. The summed E-state index contributed by atoms with van der Waals surface area (Å²) in [6.07, 6.45) is 0.240. The van der Waals surface area contributed by atoms with Crippen molar-refractivity contribution in [1.82, 2.24) is 5.32 Å². The minimum atomic E-state index is -0.247. The van der Waals surface area contributed by atoms with Gasteiger partial charge in [0, 0.05) is 25.2 Å². The molecule has 0 aliphatic heterocycles. The van der Waals surface area contributed by atoms with Crippen molar-refractivity contribution in [3.63, 3.8) is 0 Å². The molecule has 0 aromatic heterocycles. The summed E-state index contributed by atoms with van der Waals surface area (Å²) in [4.78, 5) is 26.3. The molecule has 0 aliphatic rings. The predicted molar refractivity (Wildman–Crippen MR) is 94.4 cm³/mol. The molecular formula is C19H22N2O3. The van der Waals surface area contributed by atoms with Gasteiger partial charge in [-0.3, -0.25) is 9.59 Å². The molecular weight excluding hydrogens is 304 g/mol. The van der Waals surface area contributed by atoms with Crippen molar-refractivity contribution in [2.75, 3.05) is 25.1 Å². The number of hydrogen-bond donors (Lipinski definition) is 1. The Kier molecular flexibility index (Phi) is 6.37. The fourth-order valence-electron chi connectivity index (χ4n) is 2.46. The van der Waals surface area contributed by atoms with Crippen LogP contribution in [0, 0.1) is 0 Å². The molecule has 2 amide bonds. The summed E-state index contributed by atoms with van der Waals surface area (Å²) in [6, 6.07) is 16.5. The van der Waals surface area contributed by atoms with E-state index < -0.39 is 0 Å².